The molecule has 2 aromatic heterocycles. The summed E-state index contributed by atoms with van der Waals surface area (Å²) in [5.74, 6) is 2.01. The number of rotatable bonds is 3. The first-order chi connectivity index (χ1) is 6.81. The first-order valence-corrected chi connectivity index (χ1v) is 6.59. The molecule has 14 heavy (non-hydrogen) atoms. The molecule has 2 heterocycles. The summed E-state index contributed by atoms with van der Waals surface area (Å²) in [5.41, 5.74) is 2.10. The van der Waals surface area contributed by atoms with Crippen LogP contribution in [0.1, 0.15) is 6.92 Å². The zero-order valence-corrected chi connectivity index (χ0v) is 10.7. The van der Waals surface area contributed by atoms with Crippen molar-refractivity contribution in [3.63, 3.8) is 0 Å². The molecule has 0 radical (unpaired) electrons. The first kappa shape index (κ1) is 10.2. The number of hydrogen-bond acceptors (Lipinski definition) is 3. The van der Waals surface area contributed by atoms with Crippen LogP contribution in [0, 0.1) is 3.57 Å². The second-order valence-electron chi connectivity index (χ2n) is 2.82. The molecule has 0 bridgehead atoms. The van der Waals surface area contributed by atoms with E-state index in [1.165, 1.54) is 0 Å². The molecule has 0 N–H and O–H groups in total. The molecule has 0 amide bonds. The molecule has 0 aliphatic heterocycles. The van der Waals surface area contributed by atoms with Crippen LogP contribution in [0.15, 0.2) is 18.5 Å². The van der Waals surface area contributed by atoms with Gasteiger partial charge in [-0.2, -0.15) is 5.10 Å². The van der Waals surface area contributed by atoms with Crippen molar-refractivity contribution in [2.24, 2.45) is 0 Å². The average molecular weight is 319 g/mol. The monoisotopic (exact) mass is 319 g/mol. The van der Waals surface area contributed by atoms with Crippen molar-refractivity contribution in [2.45, 2.75) is 12.8 Å². The van der Waals surface area contributed by atoms with Gasteiger partial charge in [-0.3, -0.25) is 9.67 Å². The van der Waals surface area contributed by atoms with Crippen LogP contribution in [-0.2, 0) is 5.88 Å². The third-order valence-electron chi connectivity index (χ3n) is 1.88. The Kier molecular flexibility index (Phi) is 3.27. The van der Waals surface area contributed by atoms with Crippen molar-refractivity contribution < 1.29 is 0 Å². The van der Waals surface area contributed by atoms with Gasteiger partial charge in [-0.1, -0.05) is 6.92 Å². The summed E-state index contributed by atoms with van der Waals surface area (Å²) in [6, 6.07) is 2.12. The molecule has 74 valence electrons. The third-order valence-corrected chi connectivity index (χ3v) is 3.30. The van der Waals surface area contributed by atoms with Gasteiger partial charge >= 0.3 is 0 Å². The van der Waals surface area contributed by atoms with E-state index in [2.05, 4.69) is 45.7 Å². The van der Waals surface area contributed by atoms with Crippen LogP contribution in [0.25, 0.3) is 11.0 Å². The van der Waals surface area contributed by atoms with Gasteiger partial charge < -0.3 is 0 Å². The van der Waals surface area contributed by atoms with Crippen molar-refractivity contribution >= 4 is 45.4 Å². The summed E-state index contributed by atoms with van der Waals surface area (Å²) >= 11 is 4.13. The molecule has 0 aliphatic rings. The number of pyridine rings is 1. The molecule has 5 heteroatoms. The normalized spacial score (nSPS) is 11.0. The minimum Gasteiger partial charge on any atom is -0.253 e. The Morgan fingerprint density at radius 3 is 3.14 bits per heavy atom. The zero-order chi connectivity index (χ0) is 9.97. The van der Waals surface area contributed by atoms with Crippen molar-refractivity contribution in [2.75, 3.05) is 5.75 Å². The molecule has 3 nitrogen and oxygen atoms in total. The summed E-state index contributed by atoms with van der Waals surface area (Å²) in [5, 5.41) is 4.30. The molecule has 0 saturated carbocycles. The summed E-state index contributed by atoms with van der Waals surface area (Å²) in [6.07, 6.45) is 3.68. The molecule has 0 spiro atoms. The Morgan fingerprint density at radius 2 is 2.36 bits per heavy atom. The molecule has 0 fully saturated rings. The molecule has 0 aromatic carbocycles. The van der Waals surface area contributed by atoms with E-state index in [-0.39, 0.29) is 0 Å². The topological polar surface area (TPSA) is 30.7 Å². The van der Waals surface area contributed by atoms with Crippen LogP contribution < -0.4 is 0 Å². The molecular formula is C9H10IN3S. The largest absolute Gasteiger partial charge is 0.253 e. The fourth-order valence-corrected chi connectivity index (χ4v) is 2.21. The number of aromatic nitrogens is 3. The van der Waals surface area contributed by atoms with E-state index in [0.717, 1.165) is 26.2 Å². The summed E-state index contributed by atoms with van der Waals surface area (Å²) in [4.78, 5) is 4.31. The van der Waals surface area contributed by atoms with Gasteiger partial charge in [0.15, 0.2) is 0 Å². The highest BCUT2D eigenvalue weighted by molar-refractivity contribution is 14.1. The highest BCUT2D eigenvalue weighted by Gasteiger charge is 2.03. The van der Waals surface area contributed by atoms with Gasteiger partial charge in [0.25, 0.3) is 0 Å². The van der Waals surface area contributed by atoms with Gasteiger partial charge in [0.2, 0.25) is 0 Å². The van der Waals surface area contributed by atoms with E-state index in [9.17, 15) is 0 Å². The fraction of sp³-hybridized carbons (Fsp3) is 0.333. The molecule has 0 saturated heterocycles. The summed E-state index contributed by atoms with van der Waals surface area (Å²) in [6.45, 7) is 2.15. The predicted octanol–water partition coefficient (Wildman–Crippen LogP) is 2.75. The summed E-state index contributed by atoms with van der Waals surface area (Å²) < 4.78 is 3.15. The zero-order valence-electron chi connectivity index (χ0n) is 7.77. The summed E-state index contributed by atoms with van der Waals surface area (Å²) in [7, 11) is 0. The van der Waals surface area contributed by atoms with Gasteiger partial charge in [-0.05, 0) is 34.4 Å². The van der Waals surface area contributed by atoms with Crippen LogP contribution in [0.5, 0.6) is 0 Å². The number of fused-ring (bicyclic) bond motifs is 1. The van der Waals surface area contributed by atoms with E-state index in [0.29, 0.717) is 0 Å². The first-order valence-electron chi connectivity index (χ1n) is 4.36. The lowest BCUT2D eigenvalue weighted by Gasteiger charge is -2.01. The molecule has 0 unspecified atom stereocenters. The lowest BCUT2D eigenvalue weighted by atomic mass is 10.4. The van der Waals surface area contributed by atoms with Crippen LogP contribution >= 0.6 is 34.4 Å². The number of hydrogen-bond donors (Lipinski definition) is 0. The Labute approximate surface area is 100 Å². The van der Waals surface area contributed by atoms with Gasteiger partial charge in [-0.15, -0.1) is 11.8 Å². The van der Waals surface area contributed by atoms with Gasteiger partial charge in [0.1, 0.15) is 5.52 Å². The Morgan fingerprint density at radius 1 is 1.50 bits per heavy atom. The maximum Gasteiger partial charge on any atom is 0.108 e. The van der Waals surface area contributed by atoms with E-state index < -0.39 is 0 Å². The average Bonchev–Trinajstić information content (AvgIpc) is 2.57. The lowest BCUT2D eigenvalue weighted by molar-refractivity contribution is 0.779. The molecular weight excluding hydrogens is 309 g/mol. The van der Waals surface area contributed by atoms with E-state index >= 15 is 0 Å². The number of thioether (sulfide) groups is 1. The van der Waals surface area contributed by atoms with Crippen molar-refractivity contribution in [3.05, 3.63) is 22.0 Å². The van der Waals surface area contributed by atoms with Crippen molar-refractivity contribution in [1.29, 1.82) is 0 Å². The third kappa shape index (κ3) is 2.03. The Bertz CT molecular complexity index is 441. The number of halogens is 1. The minimum atomic E-state index is 0.905. The van der Waals surface area contributed by atoms with Crippen LogP contribution in [0.4, 0.5) is 0 Å². The highest BCUT2D eigenvalue weighted by Crippen LogP contribution is 2.16. The molecule has 0 atom stereocenters. The van der Waals surface area contributed by atoms with Crippen molar-refractivity contribution in [1.82, 2.24) is 14.8 Å². The molecule has 2 rings (SSSR count). The van der Waals surface area contributed by atoms with E-state index in [4.69, 9.17) is 0 Å². The number of nitrogens with zero attached hydrogens (tertiary/aromatic N) is 3. The smallest absolute Gasteiger partial charge is 0.108 e. The highest BCUT2D eigenvalue weighted by atomic mass is 127. The van der Waals surface area contributed by atoms with Crippen LogP contribution in [0.3, 0.4) is 0 Å². The molecule has 2 aromatic rings. The second-order valence-corrected chi connectivity index (χ2v) is 5.31. The van der Waals surface area contributed by atoms with Gasteiger partial charge in [-0.25, -0.2) is 0 Å². The second kappa shape index (κ2) is 4.48. The Hall–Kier alpha value is -0.300. The van der Waals surface area contributed by atoms with Crippen LogP contribution in [0.2, 0.25) is 0 Å². The maximum absolute atomic E-state index is 4.31. The van der Waals surface area contributed by atoms with Gasteiger partial charge in [0.05, 0.1) is 17.6 Å². The minimum absolute atomic E-state index is 0.905. The van der Waals surface area contributed by atoms with E-state index in [1.54, 1.807) is 0 Å². The molecule has 0 aliphatic carbocycles. The SMILES string of the molecule is CCSCn1ncc2ncc(I)cc21. The Balaban J connectivity index is 2.40. The van der Waals surface area contributed by atoms with Crippen molar-refractivity contribution in [3.8, 4) is 0 Å². The fourth-order valence-electron chi connectivity index (χ4n) is 1.21. The maximum atomic E-state index is 4.31. The standard InChI is InChI=1S/C9H10IN3S/c1-2-14-6-13-9-3-7(10)4-11-8(9)5-12-13/h3-5H,2,6H2,1H3. The van der Waals surface area contributed by atoms with E-state index in [1.807, 2.05) is 28.8 Å². The quantitative estimate of drug-likeness (QED) is 0.815. The van der Waals surface area contributed by atoms with Crippen LogP contribution in [-0.4, -0.2) is 20.5 Å². The van der Waals surface area contributed by atoms with Gasteiger partial charge in [0, 0.05) is 9.77 Å². The predicted molar refractivity (Wildman–Crippen MR) is 68.4 cm³/mol. The lowest BCUT2D eigenvalue weighted by Crippen LogP contribution is -1.96.